The third-order valence-corrected chi connectivity index (χ3v) is 3.43. The SMILES string of the molecule is COC(=O)CCC1(O)CCSCC1. The zero-order valence-electron chi connectivity index (χ0n) is 7.91. The van der Waals surface area contributed by atoms with Gasteiger partial charge in [0.15, 0.2) is 0 Å². The zero-order valence-corrected chi connectivity index (χ0v) is 8.73. The van der Waals surface area contributed by atoms with E-state index in [4.69, 9.17) is 0 Å². The van der Waals surface area contributed by atoms with Gasteiger partial charge in [-0.1, -0.05) is 0 Å². The Kier molecular flexibility index (Phi) is 4.06. The van der Waals surface area contributed by atoms with E-state index in [1.54, 1.807) is 0 Å². The summed E-state index contributed by atoms with van der Waals surface area (Å²) in [6.07, 6.45) is 2.47. The third kappa shape index (κ3) is 3.56. The van der Waals surface area contributed by atoms with E-state index in [2.05, 4.69) is 4.74 Å². The smallest absolute Gasteiger partial charge is 0.305 e. The quantitative estimate of drug-likeness (QED) is 0.702. The Morgan fingerprint density at radius 1 is 1.54 bits per heavy atom. The summed E-state index contributed by atoms with van der Waals surface area (Å²) < 4.78 is 4.53. The topological polar surface area (TPSA) is 46.5 Å². The van der Waals surface area contributed by atoms with Crippen LogP contribution in [0.3, 0.4) is 0 Å². The van der Waals surface area contributed by atoms with Gasteiger partial charge in [0.2, 0.25) is 0 Å². The number of hydrogen-bond donors (Lipinski definition) is 1. The summed E-state index contributed by atoms with van der Waals surface area (Å²) in [7, 11) is 1.38. The maximum Gasteiger partial charge on any atom is 0.305 e. The molecule has 1 N–H and O–H groups in total. The minimum absolute atomic E-state index is 0.230. The molecule has 1 saturated heterocycles. The maximum absolute atomic E-state index is 10.9. The lowest BCUT2D eigenvalue weighted by Crippen LogP contribution is -2.33. The fourth-order valence-corrected chi connectivity index (χ4v) is 2.69. The minimum Gasteiger partial charge on any atom is -0.469 e. The van der Waals surface area contributed by atoms with Gasteiger partial charge in [0.05, 0.1) is 12.7 Å². The molecule has 0 aromatic heterocycles. The second-order valence-electron chi connectivity index (χ2n) is 3.41. The number of thioether (sulfide) groups is 1. The van der Waals surface area contributed by atoms with Crippen LogP contribution >= 0.6 is 11.8 Å². The van der Waals surface area contributed by atoms with E-state index in [-0.39, 0.29) is 5.97 Å². The summed E-state index contributed by atoms with van der Waals surface area (Å²) in [6, 6.07) is 0. The fourth-order valence-electron chi connectivity index (χ4n) is 1.44. The highest BCUT2D eigenvalue weighted by Gasteiger charge is 2.29. The summed E-state index contributed by atoms with van der Waals surface area (Å²) in [5, 5.41) is 9.99. The monoisotopic (exact) mass is 204 g/mol. The van der Waals surface area contributed by atoms with Crippen molar-refractivity contribution in [2.45, 2.75) is 31.3 Å². The molecule has 0 saturated carbocycles. The van der Waals surface area contributed by atoms with Crippen LogP contribution in [0.15, 0.2) is 0 Å². The fraction of sp³-hybridized carbons (Fsp3) is 0.889. The molecule has 0 unspecified atom stereocenters. The van der Waals surface area contributed by atoms with Crippen LogP contribution in [0, 0.1) is 0 Å². The van der Waals surface area contributed by atoms with Crippen LogP contribution in [-0.2, 0) is 9.53 Å². The van der Waals surface area contributed by atoms with Crippen LogP contribution in [0.2, 0.25) is 0 Å². The number of esters is 1. The summed E-state index contributed by atoms with van der Waals surface area (Å²) in [6.45, 7) is 0. The van der Waals surface area contributed by atoms with Crippen LogP contribution in [0.25, 0.3) is 0 Å². The highest BCUT2D eigenvalue weighted by Crippen LogP contribution is 2.30. The van der Waals surface area contributed by atoms with Gasteiger partial charge < -0.3 is 9.84 Å². The molecule has 0 amide bonds. The maximum atomic E-state index is 10.9. The predicted octanol–water partition coefficient (Wildman–Crippen LogP) is 1.20. The van der Waals surface area contributed by atoms with Crippen molar-refractivity contribution in [2.75, 3.05) is 18.6 Å². The molecule has 4 heteroatoms. The van der Waals surface area contributed by atoms with Crippen molar-refractivity contribution in [3.63, 3.8) is 0 Å². The molecule has 0 aliphatic carbocycles. The lowest BCUT2D eigenvalue weighted by Gasteiger charge is -2.31. The molecule has 1 aliphatic rings. The van der Waals surface area contributed by atoms with Gasteiger partial charge in [-0.2, -0.15) is 11.8 Å². The highest BCUT2D eigenvalue weighted by atomic mass is 32.2. The number of methoxy groups -OCH3 is 1. The summed E-state index contributed by atoms with van der Waals surface area (Å²) in [5.41, 5.74) is -0.612. The summed E-state index contributed by atoms with van der Waals surface area (Å²) in [4.78, 5) is 10.9. The molecule has 1 fully saturated rings. The van der Waals surface area contributed by atoms with E-state index in [0.717, 1.165) is 24.3 Å². The zero-order chi connectivity index (χ0) is 9.73. The molecule has 0 aromatic carbocycles. The molecular weight excluding hydrogens is 188 g/mol. The van der Waals surface area contributed by atoms with Crippen LogP contribution in [0.1, 0.15) is 25.7 Å². The average Bonchev–Trinajstić information content (AvgIpc) is 2.15. The van der Waals surface area contributed by atoms with Gasteiger partial charge in [-0.3, -0.25) is 4.79 Å². The van der Waals surface area contributed by atoms with E-state index in [1.165, 1.54) is 7.11 Å². The van der Waals surface area contributed by atoms with Gasteiger partial charge in [0, 0.05) is 6.42 Å². The van der Waals surface area contributed by atoms with E-state index < -0.39 is 5.60 Å². The van der Waals surface area contributed by atoms with Crippen molar-refractivity contribution in [2.24, 2.45) is 0 Å². The lowest BCUT2D eigenvalue weighted by atomic mass is 9.91. The lowest BCUT2D eigenvalue weighted by molar-refractivity contribution is -0.142. The van der Waals surface area contributed by atoms with Crippen molar-refractivity contribution in [1.82, 2.24) is 0 Å². The van der Waals surface area contributed by atoms with Gasteiger partial charge >= 0.3 is 5.97 Å². The van der Waals surface area contributed by atoms with E-state index in [0.29, 0.717) is 12.8 Å². The first-order valence-corrected chi connectivity index (χ1v) is 5.69. The first-order valence-electron chi connectivity index (χ1n) is 4.53. The molecule has 0 aromatic rings. The van der Waals surface area contributed by atoms with Crippen LogP contribution in [-0.4, -0.2) is 35.3 Å². The Hall–Kier alpha value is -0.220. The molecule has 0 radical (unpaired) electrons. The number of aliphatic hydroxyl groups is 1. The second-order valence-corrected chi connectivity index (χ2v) is 4.64. The second kappa shape index (κ2) is 4.86. The van der Waals surface area contributed by atoms with Gasteiger partial charge in [-0.15, -0.1) is 0 Å². The molecule has 76 valence electrons. The van der Waals surface area contributed by atoms with Crippen molar-refractivity contribution in [3.8, 4) is 0 Å². The van der Waals surface area contributed by atoms with Crippen molar-refractivity contribution in [1.29, 1.82) is 0 Å². The first kappa shape index (κ1) is 10.9. The number of ether oxygens (including phenoxy) is 1. The molecule has 13 heavy (non-hydrogen) atoms. The number of carbonyl (C=O) groups is 1. The summed E-state index contributed by atoms with van der Waals surface area (Å²) in [5.74, 6) is 1.77. The molecular formula is C9H16O3S. The van der Waals surface area contributed by atoms with Crippen LogP contribution in [0.5, 0.6) is 0 Å². The van der Waals surface area contributed by atoms with E-state index >= 15 is 0 Å². The first-order chi connectivity index (χ1) is 6.16. The largest absolute Gasteiger partial charge is 0.469 e. The van der Waals surface area contributed by atoms with Gasteiger partial charge in [-0.05, 0) is 30.8 Å². The number of hydrogen-bond acceptors (Lipinski definition) is 4. The number of rotatable bonds is 3. The van der Waals surface area contributed by atoms with Gasteiger partial charge in [0.1, 0.15) is 0 Å². The molecule has 1 rings (SSSR count). The van der Waals surface area contributed by atoms with Crippen LogP contribution < -0.4 is 0 Å². The third-order valence-electron chi connectivity index (χ3n) is 2.45. The van der Waals surface area contributed by atoms with Crippen LogP contribution in [0.4, 0.5) is 0 Å². The Morgan fingerprint density at radius 2 is 2.15 bits per heavy atom. The molecule has 0 atom stereocenters. The van der Waals surface area contributed by atoms with Crippen molar-refractivity contribution in [3.05, 3.63) is 0 Å². The van der Waals surface area contributed by atoms with Crippen molar-refractivity contribution >= 4 is 17.7 Å². The minimum atomic E-state index is -0.612. The number of carbonyl (C=O) groups excluding carboxylic acids is 1. The standard InChI is InChI=1S/C9H16O3S/c1-12-8(10)2-3-9(11)4-6-13-7-5-9/h11H,2-7H2,1H3. The molecule has 0 spiro atoms. The molecule has 1 heterocycles. The van der Waals surface area contributed by atoms with Gasteiger partial charge in [0.25, 0.3) is 0 Å². The Bertz CT molecular complexity index is 176. The average molecular weight is 204 g/mol. The van der Waals surface area contributed by atoms with E-state index in [1.807, 2.05) is 11.8 Å². The Labute approximate surface area is 82.8 Å². The predicted molar refractivity (Wildman–Crippen MR) is 52.8 cm³/mol. The highest BCUT2D eigenvalue weighted by molar-refractivity contribution is 7.99. The Morgan fingerprint density at radius 3 is 2.69 bits per heavy atom. The molecule has 0 bridgehead atoms. The normalized spacial score (nSPS) is 21.1. The van der Waals surface area contributed by atoms with Crippen molar-refractivity contribution < 1.29 is 14.6 Å². The summed E-state index contributed by atoms with van der Waals surface area (Å²) >= 11 is 1.86. The van der Waals surface area contributed by atoms with Gasteiger partial charge in [-0.25, -0.2) is 0 Å². The molecule has 3 nitrogen and oxygen atoms in total. The van der Waals surface area contributed by atoms with E-state index in [9.17, 15) is 9.90 Å². The molecule has 1 aliphatic heterocycles. The Balaban J connectivity index is 2.28.